The summed E-state index contributed by atoms with van der Waals surface area (Å²) in [6.45, 7) is 26.4. The summed E-state index contributed by atoms with van der Waals surface area (Å²) in [6, 6.07) is 41.5. The molecule has 28 heteroatoms. The SMILES string of the molecule is CCc1cccc2cccc(N3CCc4c(nc(OCC56CCCN5CCC6)nc4N4CCCC(c5nc(C)c(C(=O)NC6CCC6)o5)C4)C3)c12.CCc1cccc2cccc(N3CCc4c(nc(OCC56CCCN5CCC6)nc4N4CC[C@H]5C(=O)NC[C@H]5C4)C3)c12.CCc1cccc2cccc(N3CCc4c(nc(OCC56CCCN5CCC6)nc4Nc4cnn(CC(N)=O)c4)C3)c12. The minimum absolute atomic E-state index is 0.0241. The van der Waals surface area contributed by atoms with Gasteiger partial charge in [-0.25, -0.2) is 4.98 Å². The van der Waals surface area contributed by atoms with Crippen molar-refractivity contribution in [2.45, 2.75) is 237 Å². The lowest BCUT2D eigenvalue weighted by atomic mass is 9.88. The Kier molecular flexibility index (Phi) is 24.7. The van der Waals surface area contributed by atoms with Crippen molar-refractivity contribution in [2.75, 3.05) is 141 Å². The van der Waals surface area contributed by atoms with E-state index in [9.17, 15) is 14.4 Å². The summed E-state index contributed by atoms with van der Waals surface area (Å²) in [7, 11) is 0. The van der Waals surface area contributed by atoms with Crippen LogP contribution in [-0.2, 0) is 74.3 Å². The summed E-state index contributed by atoms with van der Waals surface area (Å²) in [4.78, 5) is 92.3. The van der Waals surface area contributed by atoms with Crippen molar-refractivity contribution in [2.24, 2.45) is 17.6 Å². The molecule has 10 fully saturated rings. The fourth-order valence-electron chi connectivity index (χ4n) is 25.4. The van der Waals surface area contributed by atoms with E-state index in [1.807, 2.05) is 6.92 Å². The Morgan fingerprint density at radius 1 is 0.496 bits per heavy atom. The molecule has 1 unspecified atom stereocenters. The number of oxazole rings is 1. The number of aryl methyl sites for hydroxylation is 4. The van der Waals surface area contributed by atoms with Crippen LogP contribution in [0.15, 0.2) is 126 Å². The van der Waals surface area contributed by atoms with Gasteiger partial charge in [0.15, 0.2) is 5.89 Å². The molecule has 0 radical (unpaired) electrons. The number of nitrogens with two attached hydrogens (primary N) is 1. The molecule has 3 atom stereocenters. The van der Waals surface area contributed by atoms with Crippen molar-refractivity contribution in [3.63, 3.8) is 0 Å². The third-order valence-electron chi connectivity index (χ3n) is 32.7. The summed E-state index contributed by atoms with van der Waals surface area (Å²) in [5, 5.41) is 21.8. The van der Waals surface area contributed by atoms with E-state index < -0.39 is 5.91 Å². The molecule has 12 aliphatic heterocycles. The largest absolute Gasteiger partial charge is 0.461 e. The lowest BCUT2D eigenvalue weighted by Gasteiger charge is -2.38. The summed E-state index contributed by atoms with van der Waals surface area (Å²) < 4.78 is 27.4. The number of benzene rings is 6. The van der Waals surface area contributed by atoms with Gasteiger partial charge in [0.25, 0.3) is 5.91 Å². The predicted octanol–water partition coefficient (Wildman–Crippen LogP) is 15.2. The minimum atomic E-state index is -0.438. The highest BCUT2D eigenvalue weighted by atomic mass is 16.5. The molecule has 28 nitrogen and oxygen atoms in total. The van der Waals surface area contributed by atoms with Crippen LogP contribution >= 0.6 is 0 Å². The Bertz CT molecular complexity index is 6220. The molecule has 1 aliphatic carbocycles. The van der Waals surface area contributed by atoms with Crippen LogP contribution < -0.4 is 60.4 Å². The maximum Gasteiger partial charge on any atom is 0.318 e. The smallest absolute Gasteiger partial charge is 0.318 e. The molecule has 1 saturated carbocycles. The summed E-state index contributed by atoms with van der Waals surface area (Å²) in [5.41, 5.74) is 21.8. The standard InChI is InChI=1S/C41H51N7O3.C34H42N6O2.C32H38N8O2/c1-3-28-10-4-11-29-12-5-16-34(35(28)29)46-23-17-32-33(25-46)44-40(50-26-41-18-8-21-48(41)22-9-19-41)45-37(32)47-20-7-13-30(24-47)39-42-27(2)36(51-39)38(49)43-31-14-6-15-31;1-2-23-7-3-8-24-9-4-10-29(30(23)24)38-17-12-27-28(21-38)36-33(42-22-34-13-5-15-40(34)16-6-14-34)37-31(27)39-18-11-26-25(20-39)19-35-32(26)41;1-2-22-7-3-8-23-9-4-10-27(29(22)23)38-16-11-25-26(19-38)36-31(42-21-32-12-5-14-39(32)15-6-13-32)37-30(25)35-24-17-34-40(18-24)20-28(33)41/h4-5,10-12,16,30-31H,3,6-9,13-15,17-26H2,1-2H3,(H,43,49);3-4,7-10,25-26H,2,5-6,11-22H2,1H3,(H,35,41);3-4,7-10,17-18H,2,5-6,11-16,19-21H2,1H3,(H2,33,41)(H,35,36,37)/t;25-,26+;/m.0./s1. The average Bonchev–Trinajstić information content (AvgIpc) is 0.938. The Labute approximate surface area is 791 Å². The molecule has 706 valence electrons. The first-order chi connectivity index (χ1) is 66.1. The molecule has 11 aromatic rings. The monoisotopic (exact) mass is 1820 g/mol. The lowest BCUT2D eigenvalue weighted by Crippen LogP contribution is -2.44. The molecule has 0 spiro atoms. The number of ether oxygens (including phenoxy) is 3. The highest BCUT2D eigenvalue weighted by Gasteiger charge is 2.49. The second-order valence-corrected chi connectivity index (χ2v) is 40.6. The van der Waals surface area contributed by atoms with Gasteiger partial charge in [0.2, 0.25) is 17.6 Å². The summed E-state index contributed by atoms with van der Waals surface area (Å²) >= 11 is 0. The fraction of sp³-hybridized carbons (Fsp3) is 0.523. The van der Waals surface area contributed by atoms with Crippen LogP contribution in [0.5, 0.6) is 18.0 Å². The van der Waals surface area contributed by atoms with Crippen molar-refractivity contribution in [1.82, 2.24) is 70.0 Å². The number of anilines is 7. The van der Waals surface area contributed by atoms with Crippen LogP contribution in [0.25, 0.3) is 32.3 Å². The van der Waals surface area contributed by atoms with Crippen LogP contribution in [0, 0.1) is 18.8 Å². The number of carbonyl (C=O) groups excluding carboxylic acids is 3. The maximum absolute atomic E-state index is 13.0. The molecular weight excluding hydrogens is 1690 g/mol. The molecule has 3 amide bonds. The van der Waals surface area contributed by atoms with E-state index in [4.69, 9.17) is 59.2 Å². The van der Waals surface area contributed by atoms with Crippen LogP contribution in [0.2, 0.25) is 0 Å². The van der Waals surface area contributed by atoms with Crippen LogP contribution in [-0.4, -0.2) is 211 Å². The Hall–Kier alpha value is -11.8. The topological polar surface area (TPSA) is 288 Å². The number of primary amides is 1. The minimum Gasteiger partial charge on any atom is -0.461 e. The third kappa shape index (κ3) is 17.5. The van der Waals surface area contributed by atoms with E-state index in [-0.39, 0.29) is 52.9 Å². The van der Waals surface area contributed by atoms with Crippen molar-refractivity contribution in [1.29, 1.82) is 0 Å². The highest BCUT2D eigenvalue weighted by Crippen LogP contribution is 2.47. The van der Waals surface area contributed by atoms with Gasteiger partial charge in [-0.2, -0.15) is 35.0 Å². The van der Waals surface area contributed by atoms with Gasteiger partial charge in [0, 0.05) is 126 Å². The maximum atomic E-state index is 13.0. The van der Waals surface area contributed by atoms with Crippen LogP contribution in [0.1, 0.15) is 215 Å². The molecule has 9 saturated heterocycles. The average molecular weight is 1820 g/mol. The van der Waals surface area contributed by atoms with Crippen LogP contribution in [0.3, 0.4) is 0 Å². The molecule has 5 aromatic heterocycles. The normalized spacial score (nSPS) is 21.5. The molecule has 13 aliphatic rings. The van der Waals surface area contributed by atoms with E-state index in [0.29, 0.717) is 74.2 Å². The molecule has 5 N–H and O–H groups in total. The van der Waals surface area contributed by atoms with Gasteiger partial charge in [0.1, 0.15) is 43.8 Å². The van der Waals surface area contributed by atoms with E-state index in [0.717, 1.165) is 201 Å². The van der Waals surface area contributed by atoms with Crippen LogP contribution in [0.4, 0.5) is 40.2 Å². The van der Waals surface area contributed by atoms with Gasteiger partial charge in [0.05, 0.1) is 76.8 Å². The number of amides is 3. The molecule has 6 aromatic carbocycles. The number of fused-ring (bicyclic) bond motifs is 10. The molecular formula is C107H131N21O7. The zero-order chi connectivity index (χ0) is 91.5. The van der Waals surface area contributed by atoms with Crippen molar-refractivity contribution >= 4 is 90.2 Å². The fourth-order valence-corrected chi connectivity index (χ4v) is 25.4. The van der Waals surface area contributed by atoms with E-state index >= 15 is 0 Å². The first-order valence-corrected chi connectivity index (χ1v) is 50.8. The summed E-state index contributed by atoms with van der Waals surface area (Å²) in [5.74, 6) is 3.97. The van der Waals surface area contributed by atoms with Gasteiger partial charge in [-0.1, -0.05) is 112 Å². The van der Waals surface area contributed by atoms with Crippen molar-refractivity contribution < 1.29 is 33.0 Å². The molecule has 0 bridgehead atoms. The third-order valence-corrected chi connectivity index (χ3v) is 32.7. The predicted molar refractivity (Wildman–Crippen MR) is 527 cm³/mol. The van der Waals surface area contributed by atoms with E-state index in [1.54, 1.807) is 12.4 Å². The van der Waals surface area contributed by atoms with Gasteiger partial charge >= 0.3 is 18.0 Å². The van der Waals surface area contributed by atoms with Gasteiger partial charge in [-0.3, -0.25) is 33.8 Å². The number of nitrogens with one attached hydrogen (secondary N) is 3. The van der Waals surface area contributed by atoms with Crippen molar-refractivity contribution in [3.05, 3.63) is 189 Å². The molecule has 135 heavy (non-hydrogen) atoms. The quantitative estimate of drug-likeness (QED) is 0.0437. The number of carbonyl (C=O) groups is 3. The zero-order valence-electron chi connectivity index (χ0n) is 79.2. The zero-order valence-corrected chi connectivity index (χ0v) is 79.2. The Morgan fingerprint density at radius 3 is 1.41 bits per heavy atom. The number of hydrogen-bond acceptors (Lipinski definition) is 24. The van der Waals surface area contributed by atoms with Gasteiger partial charge in [-0.05, 0) is 251 Å². The van der Waals surface area contributed by atoms with Gasteiger partial charge < -0.3 is 64.8 Å². The number of hydrogen-bond donors (Lipinski definition) is 4. The van der Waals surface area contributed by atoms with Gasteiger partial charge in [-0.15, -0.1) is 0 Å². The Morgan fingerprint density at radius 2 is 0.948 bits per heavy atom. The van der Waals surface area contributed by atoms with Crippen molar-refractivity contribution in [3.8, 4) is 18.0 Å². The number of rotatable bonds is 24. The first-order valence-electron chi connectivity index (χ1n) is 50.8. The number of piperidine rings is 2. The second-order valence-electron chi connectivity index (χ2n) is 40.6. The van der Waals surface area contributed by atoms with E-state index in [1.165, 1.54) is 179 Å². The Balaban J connectivity index is 0.000000118. The number of nitrogens with zero attached hydrogens (tertiary/aromatic N) is 17. The first kappa shape index (κ1) is 88.5. The van der Waals surface area contributed by atoms with E-state index in [2.05, 4.69) is 190 Å². The molecule has 17 heterocycles. The second kappa shape index (κ2) is 37.7. The lowest BCUT2D eigenvalue weighted by molar-refractivity contribution is -0.123. The highest BCUT2D eigenvalue weighted by molar-refractivity contribution is 6.00. The molecule has 24 rings (SSSR count). The number of aromatic nitrogens is 9. The summed E-state index contributed by atoms with van der Waals surface area (Å²) in [6.07, 6.45) is 29.6.